The Hall–Kier alpha value is -0.560. The van der Waals surface area contributed by atoms with E-state index in [9.17, 15) is 0 Å². The number of terminal acetylenes is 1. The molecule has 0 fully saturated rings. The third kappa shape index (κ3) is 9.17. The van der Waals surface area contributed by atoms with E-state index in [0.29, 0.717) is 18.5 Å². The first-order valence-electron chi connectivity index (χ1n) is 6.50. The van der Waals surface area contributed by atoms with E-state index < -0.39 is 0 Å². The topological polar surface area (TPSA) is 18.5 Å². The van der Waals surface area contributed by atoms with Gasteiger partial charge in [-0.1, -0.05) is 19.8 Å². The molecule has 1 unspecified atom stereocenters. The summed E-state index contributed by atoms with van der Waals surface area (Å²) in [6.45, 7) is 11.8. The summed E-state index contributed by atoms with van der Waals surface area (Å²) in [5, 5.41) is 3.28. The van der Waals surface area contributed by atoms with Crippen LogP contribution in [0.2, 0.25) is 0 Å². The van der Waals surface area contributed by atoms with E-state index in [1.54, 1.807) is 0 Å². The Labute approximate surface area is 108 Å². The maximum atomic E-state index is 5.24. The predicted octanol–water partition coefficient (Wildman–Crippen LogP) is 1.12. The average molecular weight is 239 g/mol. The smallest absolute Gasteiger partial charge is 0.0574 e. The van der Waals surface area contributed by atoms with Crippen LogP contribution in [-0.4, -0.2) is 62.7 Å². The lowest BCUT2D eigenvalue weighted by Crippen LogP contribution is -2.45. The summed E-state index contributed by atoms with van der Waals surface area (Å²) in [6.07, 6.45) is 5.24. The minimum absolute atomic E-state index is 0.533. The lowest BCUT2D eigenvalue weighted by Gasteiger charge is -2.31. The van der Waals surface area contributed by atoms with Crippen LogP contribution in [0, 0.1) is 18.3 Å². The lowest BCUT2D eigenvalue weighted by atomic mass is 10.1. The molecule has 0 aliphatic rings. The highest BCUT2D eigenvalue weighted by molar-refractivity contribution is 4.87. The van der Waals surface area contributed by atoms with E-state index in [4.69, 9.17) is 6.42 Å². The van der Waals surface area contributed by atoms with Crippen LogP contribution in [0.25, 0.3) is 0 Å². The minimum Gasteiger partial charge on any atom is -0.308 e. The van der Waals surface area contributed by atoms with Crippen molar-refractivity contribution in [3.63, 3.8) is 0 Å². The zero-order valence-corrected chi connectivity index (χ0v) is 12.2. The van der Waals surface area contributed by atoms with Gasteiger partial charge >= 0.3 is 0 Å². The highest BCUT2D eigenvalue weighted by Gasteiger charge is 2.14. The number of hydrogen-bond donors (Lipinski definition) is 1. The van der Waals surface area contributed by atoms with Crippen molar-refractivity contribution in [2.45, 2.75) is 26.8 Å². The predicted molar refractivity (Wildman–Crippen MR) is 76.1 cm³/mol. The van der Waals surface area contributed by atoms with Gasteiger partial charge in [-0.3, -0.25) is 4.90 Å². The Morgan fingerprint density at radius 2 is 1.82 bits per heavy atom. The van der Waals surface area contributed by atoms with Crippen LogP contribution in [0.15, 0.2) is 0 Å². The van der Waals surface area contributed by atoms with Crippen molar-refractivity contribution in [3.8, 4) is 12.3 Å². The lowest BCUT2D eigenvalue weighted by molar-refractivity contribution is 0.168. The van der Waals surface area contributed by atoms with Crippen molar-refractivity contribution in [2.24, 2.45) is 5.92 Å². The van der Waals surface area contributed by atoms with Gasteiger partial charge in [0, 0.05) is 32.2 Å². The van der Waals surface area contributed by atoms with Gasteiger partial charge in [0.1, 0.15) is 0 Å². The normalized spacial score (nSPS) is 13.4. The van der Waals surface area contributed by atoms with Crippen molar-refractivity contribution in [3.05, 3.63) is 0 Å². The van der Waals surface area contributed by atoms with Crippen LogP contribution < -0.4 is 5.32 Å². The molecule has 0 aliphatic heterocycles. The number of nitrogens with zero attached hydrogens (tertiary/aromatic N) is 2. The van der Waals surface area contributed by atoms with E-state index in [1.807, 2.05) is 0 Å². The van der Waals surface area contributed by atoms with Crippen LogP contribution in [0.1, 0.15) is 20.8 Å². The molecule has 0 amide bonds. The minimum atomic E-state index is 0.533. The summed E-state index contributed by atoms with van der Waals surface area (Å²) < 4.78 is 0. The fourth-order valence-electron chi connectivity index (χ4n) is 1.77. The monoisotopic (exact) mass is 239 g/mol. The SMILES string of the molecule is C#CCNCC(C)N(CCN(C)C)CC(C)C. The molecule has 1 N–H and O–H groups in total. The number of hydrogen-bond acceptors (Lipinski definition) is 3. The molecule has 0 heterocycles. The molecule has 3 heteroatoms. The zero-order chi connectivity index (χ0) is 13.3. The first kappa shape index (κ1) is 16.4. The van der Waals surface area contributed by atoms with Crippen LogP contribution in [0.4, 0.5) is 0 Å². The van der Waals surface area contributed by atoms with E-state index in [-0.39, 0.29) is 0 Å². The van der Waals surface area contributed by atoms with Crippen LogP contribution in [0.5, 0.6) is 0 Å². The van der Waals surface area contributed by atoms with Crippen LogP contribution in [0.3, 0.4) is 0 Å². The van der Waals surface area contributed by atoms with Crippen LogP contribution in [-0.2, 0) is 0 Å². The van der Waals surface area contributed by atoms with Crippen molar-refractivity contribution in [1.82, 2.24) is 15.1 Å². The van der Waals surface area contributed by atoms with Gasteiger partial charge in [0.05, 0.1) is 6.54 Å². The fraction of sp³-hybridized carbons (Fsp3) is 0.857. The molecule has 17 heavy (non-hydrogen) atoms. The van der Waals surface area contributed by atoms with E-state index >= 15 is 0 Å². The molecule has 0 saturated carbocycles. The molecule has 1 atom stereocenters. The Balaban J connectivity index is 4.10. The van der Waals surface area contributed by atoms with Crippen molar-refractivity contribution in [1.29, 1.82) is 0 Å². The molecule has 0 rings (SSSR count). The fourth-order valence-corrected chi connectivity index (χ4v) is 1.77. The van der Waals surface area contributed by atoms with Crippen LogP contribution >= 0.6 is 0 Å². The number of likely N-dealkylation sites (N-methyl/N-ethyl adjacent to an activating group) is 1. The quantitative estimate of drug-likeness (QED) is 0.480. The van der Waals surface area contributed by atoms with Gasteiger partial charge in [-0.15, -0.1) is 6.42 Å². The second kappa shape index (κ2) is 9.47. The Morgan fingerprint density at radius 1 is 1.18 bits per heavy atom. The van der Waals surface area contributed by atoms with E-state index in [1.165, 1.54) is 0 Å². The molecule has 3 nitrogen and oxygen atoms in total. The maximum Gasteiger partial charge on any atom is 0.0574 e. The first-order chi connectivity index (χ1) is 7.97. The molecule has 0 aliphatic carbocycles. The van der Waals surface area contributed by atoms with Crippen molar-refractivity contribution in [2.75, 3.05) is 46.8 Å². The molecule has 100 valence electrons. The molecule has 0 saturated heterocycles. The summed E-state index contributed by atoms with van der Waals surface area (Å²) in [7, 11) is 4.24. The Morgan fingerprint density at radius 3 is 2.29 bits per heavy atom. The molecular weight excluding hydrogens is 210 g/mol. The largest absolute Gasteiger partial charge is 0.308 e. The van der Waals surface area contributed by atoms with Gasteiger partial charge < -0.3 is 10.2 Å². The molecule has 0 aromatic rings. The Bertz CT molecular complexity index is 218. The highest BCUT2D eigenvalue weighted by atomic mass is 15.2. The zero-order valence-electron chi connectivity index (χ0n) is 12.2. The molecular formula is C14H29N3. The van der Waals surface area contributed by atoms with E-state index in [0.717, 1.165) is 26.2 Å². The summed E-state index contributed by atoms with van der Waals surface area (Å²) in [4.78, 5) is 4.77. The first-order valence-corrected chi connectivity index (χ1v) is 6.50. The summed E-state index contributed by atoms with van der Waals surface area (Å²) >= 11 is 0. The molecule has 0 aromatic carbocycles. The highest BCUT2D eigenvalue weighted by Crippen LogP contribution is 2.04. The average Bonchev–Trinajstić information content (AvgIpc) is 2.23. The third-order valence-corrected chi connectivity index (χ3v) is 2.72. The third-order valence-electron chi connectivity index (χ3n) is 2.72. The maximum absolute atomic E-state index is 5.24. The second-order valence-corrected chi connectivity index (χ2v) is 5.38. The summed E-state index contributed by atoms with van der Waals surface area (Å²) in [5.41, 5.74) is 0. The van der Waals surface area contributed by atoms with Gasteiger partial charge in [0.15, 0.2) is 0 Å². The van der Waals surface area contributed by atoms with Gasteiger partial charge in [-0.05, 0) is 26.9 Å². The number of rotatable bonds is 9. The summed E-state index contributed by atoms with van der Waals surface area (Å²) in [5.74, 6) is 3.32. The molecule has 0 bridgehead atoms. The summed E-state index contributed by atoms with van der Waals surface area (Å²) in [6, 6.07) is 0.533. The standard InChI is InChI=1S/C14H29N3/c1-7-8-15-11-14(4)17(12-13(2)3)10-9-16(5)6/h1,13-15H,8-12H2,2-6H3. The van der Waals surface area contributed by atoms with E-state index in [2.05, 4.69) is 55.9 Å². The van der Waals surface area contributed by atoms with Crippen molar-refractivity contribution >= 4 is 0 Å². The van der Waals surface area contributed by atoms with Crippen molar-refractivity contribution < 1.29 is 0 Å². The van der Waals surface area contributed by atoms with Gasteiger partial charge in [0.25, 0.3) is 0 Å². The second-order valence-electron chi connectivity index (χ2n) is 5.38. The van der Waals surface area contributed by atoms with Gasteiger partial charge in [-0.25, -0.2) is 0 Å². The molecule has 0 aromatic heterocycles. The molecule has 0 spiro atoms. The Kier molecular flexibility index (Phi) is 9.16. The van der Waals surface area contributed by atoms with Gasteiger partial charge in [-0.2, -0.15) is 0 Å². The number of nitrogens with one attached hydrogen (secondary N) is 1. The van der Waals surface area contributed by atoms with Gasteiger partial charge in [0.2, 0.25) is 0 Å². The molecule has 0 radical (unpaired) electrons.